The highest BCUT2D eigenvalue weighted by Gasteiger charge is 2.17. The fraction of sp³-hybridized carbons (Fsp3) is 0.286. The summed E-state index contributed by atoms with van der Waals surface area (Å²) in [5.41, 5.74) is 3.96. The van der Waals surface area contributed by atoms with E-state index in [1.807, 2.05) is 25.1 Å². The Bertz CT molecular complexity index is 676. The molecular formula is C14H13BrN2O. The minimum Gasteiger partial charge on any atom is -0.306 e. The molecule has 1 aromatic carbocycles. The summed E-state index contributed by atoms with van der Waals surface area (Å²) in [6.45, 7) is 2.03. The number of rotatable bonds is 1. The molecule has 0 amide bonds. The van der Waals surface area contributed by atoms with Crippen molar-refractivity contribution in [1.82, 2.24) is 9.97 Å². The van der Waals surface area contributed by atoms with Crippen LogP contribution in [-0.2, 0) is 12.8 Å². The molecule has 0 bridgehead atoms. The highest BCUT2D eigenvalue weighted by molar-refractivity contribution is 9.10. The van der Waals surface area contributed by atoms with Crippen LogP contribution in [0.5, 0.6) is 0 Å². The van der Waals surface area contributed by atoms with E-state index in [1.165, 1.54) is 5.56 Å². The second-order valence-corrected chi connectivity index (χ2v) is 5.51. The van der Waals surface area contributed by atoms with Crippen LogP contribution >= 0.6 is 15.9 Å². The lowest BCUT2D eigenvalue weighted by atomic mass is 10.1. The molecule has 0 unspecified atom stereocenters. The summed E-state index contributed by atoms with van der Waals surface area (Å²) in [6.07, 6.45) is 2.81. The Labute approximate surface area is 113 Å². The van der Waals surface area contributed by atoms with Crippen LogP contribution in [0.2, 0.25) is 0 Å². The van der Waals surface area contributed by atoms with Crippen molar-refractivity contribution in [3.05, 3.63) is 49.8 Å². The van der Waals surface area contributed by atoms with E-state index in [4.69, 9.17) is 0 Å². The maximum Gasteiger partial charge on any atom is 0.254 e. The topological polar surface area (TPSA) is 45.8 Å². The maximum absolute atomic E-state index is 11.9. The number of halogens is 1. The summed E-state index contributed by atoms with van der Waals surface area (Å²) < 4.78 is 1.03. The van der Waals surface area contributed by atoms with Gasteiger partial charge in [0.15, 0.2) is 0 Å². The molecule has 1 aliphatic carbocycles. The van der Waals surface area contributed by atoms with Gasteiger partial charge in [-0.25, -0.2) is 4.98 Å². The number of aromatic amines is 1. The maximum atomic E-state index is 11.9. The quantitative estimate of drug-likeness (QED) is 0.880. The fourth-order valence-electron chi connectivity index (χ4n) is 2.32. The van der Waals surface area contributed by atoms with Crippen molar-refractivity contribution < 1.29 is 0 Å². The lowest BCUT2D eigenvalue weighted by molar-refractivity contribution is 0.899. The molecule has 0 radical (unpaired) electrons. The third kappa shape index (κ3) is 1.90. The SMILES string of the molecule is Cc1ccc(-c2nc3c(c(=O)[nH]2)CCC3)cc1Br. The van der Waals surface area contributed by atoms with Gasteiger partial charge in [-0.1, -0.05) is 28.1 Å². The van der Waals surface area contributed by atoms with Gasteiger partial charge in [0.2, 0.25) is 0 Å². The Hall–Kier alpha value is -1.42. The molecule has 1 aliphatic rings. The third-order valence-electron chi connectivity index (χ3n) is 3.39. The summed E-state index contributed by atoms with van der Waals surface area (Å²) in [5.74, 6) is 0.668. The molecule has 0 spiro atoms. The molecule has 1 aromatic heterocycles. The minimum absolute atomic E-state index is 0.0178. The number of benzene rings is 1. The zero-order chi connectivity index (χ0) is 12.7. The Kier molecular flexibility index (Phi) is 2.82. The van der Waals surface area contributed by atoms with E-state index in [9.17, 15) is 4.79 Å². The van der Waals surface area contributed by atoms with Crippen molar-refractivity contribution in [2.75, 3.05) is 0 Å². The zero-order valence-electron chi connectivity index (χ0n) is 10.1. The number of H-pyrrole nitrogens is 1. The summed E-state index contributed by atoms with van der Waals surface area (Å²) in [6, 6.07) is 6.00. The lowest BCUT2D eigenvalue weighted by Gasteiger charge is -2.06. The summed E-state index contributed by atoms with van der Waals surface area (Å²) >= 11 is 3.50. The van der Waals surface area contributed by atoms with Gasteiger partial charge in [-0.15, -0.1) is 0 Å². The van der Waals surface area contributed by atoms with Crippen LogP contribution in [0.3, 0.4) is 0 Å². The largest absolute Gasteiger partial charge is 0.306 e. The molecule has 3 nitrogen and oxygen atoms in total. The van der Waals surface area contributed by atoms with Crippen molar-refractivity contribution in [3.63, 3.8) is 0 Å². The predicted molar refractivity (Wildman–Crippen MR) is 74.8 cm³/mol. The number of nitrogens with zero attached hydrogens (tertiary/aromatic N) is 1. The van der Waals surface area contributed by atoms with Crippen molar-refractivity contribution in [3.8, 4) is 11.4 Å². The van der Waals surface area contributed by atoms with Crippen molar-refractivity contribution in [2.24, 2.45) is 0 Å². The van der Waals surface area contributed by atoms with Gasteiger partial charge in [-0.2, -0.15) is 0 Å². The van der Waals surface area contributed by atoms with E-state index < -0.39 is 0 Å². The van der Waals surface area contributed by atoms with Crippen LogP contribution in [0.15, 0.2) is 27.5 Å². The highest BCUT2D eigenvalue weighted by Crippen LogP contribution is 2.24. The van der Waals surface area contributed by atoms with Gasteiger partial charge in [0.25, 0.3) is 5.56 Å². The van der Waals surface area contributed by atoms with Crippen LogP contribution < -0.4 is 5.56 Å². The number of hydrogen-bond acceptors (Lipinski definition) is 2. The monoisotopic (exact) mass is 304 g/mol. The Morgan fingerprint density at radius 2 is 2.17 bits per heavy atom. The highest BCUT2D eigenvalue weighted by atomic mass is 79.9. The smallest absolute Gasteiger partial charge is 0.254 e. The molecule has 2 aromatic rings. The summed E-state index contributed by atoms with van der Waals surface area (Å²) in [7, 11) is 0. The van der Waals surface area contributed by atoms with Gasteiger partial charge in [0, 0.05) is 15.6 Å². The number of fused-ring (bicyclic) bond motifs is 1. The van der Waals surface area contributed by atoms with Gasteiger partial charge in [-0.05, 0) is 37.8 Å². The fourth-order valence-corrected chi connectivity index (χ4v) is 2.70. The van der Waals surface area contributed by atoms with E-state index in [0.29, 0.717) is 5.82 Å². The van der Waals surface area contributed by atoms with Gasteiger partial charge < -0.3 is 4.98 Å². The standard InChI is InChI=1S/C14H13BrN2O/c1-8-5-6-9(7-11(8)15)13-16-12-4-2-3-10(12)14(18)17-13/h5-7H,2-4H2,1H3,(H,16,17,18). The average Bonchev–Trinajstić information content (AvgIpc) is 2.81. The molecule has 0 saturated carbocycles. The second-order valence-electron chi connectivity index (χ2n) is 4.66. The van der Waals surface area contributed by atoms with Gasteiger partial charge >= 0.3 is 0 Å². The molecule has 4 heteroatoms. The Morgan fingerprint density at radius 1 is 1.33 bits per heavy atom. The number of nitrogens with one attached hydrogen (secondary N) is 1. The molecule has 92 valence electrons. The van der Waals surface area contributed by atoms with Crippen molar-refractivity contribution in [1.29, 1.82) is 0 Å². The van der Waals surface area contributed by atoms with Crippen molar-refractivity contribution >= 4 is 15.9 Å². The summed E-state index contributed by atoms with van der Waals surface area (Å²) in [4.78, 5) is 19.4. The Balaban J connectivity index is 2.15. The van der Waals surface area contributed by atoms with Crippen LogP contribution in [0, 0.1) is 6.92 Å². The molecule has 1 heterocycles. The molecule has 0 atom stereocenters. The van der Waals surface area contributed by atoms with Crippen LogP contribution in [0.4, 0.5) is 0 Å². The van der Waals surface area contributed by atoms with E-state index in [1.54, 1.807) is 0 Å². The molecule has 1 N–H and O–H groups in total. The minimum atomic E-state index is 0.0178. The number of hydrogen-bond donors (Lipinski definition) is 1. The molecule has 0 saturated heterocycles. The molecule has 3 rings (SSSR count). The van der Waals surface area contributed by atoms with Crippen LogP contribution in [0.25, 0.3) is 11.4 Å². The predicted octanol–water partition coefficient (Wildman–Crippen LogP) is 3.00. The molecular weight excluding hydrogens is 292 g/mol. The van der Waals surface area contributed by atoms with E-state index >= 15 is 0 Å². The van der Waals surface area contributed by atoms with E-state index in [-0.39, 0.29) is 5.56 Å². The first-order valence-corrected chi connectivity index (χ1v) is 6.83. The average molecular weight is 305 g/mol. The van der Waals surface area contributed by atoms with Crippen LogP contribution in [-0.4, -0.2) is 9.97 Å². The molecule has 0 fully saturated rings. The van der Waals surface area contributed by atoms with Gasteiger partial charge in [-0.3, -0.25) is 4.79 Å². The number of aromatic nitrogens is 2. The number of aryl methyl sites for hydroxylation is 2. The first-order valence-electron chi connectivity index (χ1n) is 6.04. The molecule has 0 aliphatic heterocycles. The van der Waals surface area contributed by atoms with Crippen LogP contribution in [0.1, 0.15) is 23.2 Å². The first-order chi connectivity index (χ1) is 8.65. The van der Waals surface area contributed by atoms with E-state index in [0.717, 1.165) is 40.6 Å². The first kappa shape index (κ1) is 11.7. The third-order valence-corrected chi connectivity index (χ3v) is 4.24. The lowest BCUT2D eigenvalue weighted by Crippen LogP contribution is -2.15. The van der Waals surface area contributed by atoms with Crippen molar-refractivity contribution in [2.45, 2.75) is 26.2 Å². The summed E-state index contributed by atoms with van der Waals surface area (Å²) in [5, 5.41) is 0. The molecule has 18 heavy (non-hydrogen) atoms. The van der Waals surface area contributed by atoms with Gasteiger partial charge in [0.05, 0.1) is 5.69 Å². The second kappa shape index (κ2) is 4.35. The Morgan fingerprint density at radius 3 is 2.94 bits per heavy atom. The zero-order valence-corrected chi connectivity index (χ0v) is 11.7. The normalized spacial score (nSPS) is 13.7. The van der Waals surface area contributed by atoms with Gasteiger partial charge in [0.1, 0.15) is 5.82 Å². The van der Waals surface area contributed by atoms with E-state index in [2.05, 4.69) is 25.9 Å².